The first-order valence-corrected chi connectivity index (χ1v) is 3.69. The highest BCUT2D eigenvalue weighted by atomic mass is 32.1. The first kappa shape index (κ1) is 5.73. The van der Waals surface area contributed by atoms with Gasteiger partial charge in [0.05, 0.1) is 0 Å². The third-order valence-electron chi connectivity index (χ3n) is 1.19. The van der Waals surface area contributed by atoms with Crippen LogP contribution in [0.1, 0.15) is 0 Å². The normalized spacial score (nSPS) is 15.6. The quantitative estimate of drug-likeness (QED) is 0.570. The first-order valence-electron chi connectivity index (χ1n) is 2.75. The van der Waals surface area contributed by atoms with Gasteiger partial charge >= 0.3 is 0 Å². The Morgan fingerprint density at radius 1 is 1.40 bits per heavy atom. The Morgan fingerprint density at radius 3 is 2.50 bits per heavy atom. The molecule has 0 aromatic carbocycles. The second-order valence-corrected chi connectivity index (χ2v) is 2.58. The van der Waals surface area contributed by atoms with E-state index in [0.717, 1.165) is 0 Å². The summed E-state index contributed by atoms with van der Waals surface area (Å²) in [5.41, 5.74) is 0. The summed E-state index contributed by atoms with van der Waals surface area (Å²) in [7, 11) is 0. The maximum atomic E-state index is 10.1. The number of carbonyl (C=O) groups is 1. The van der Waals surface area contributed by atoms with Crippen molar-refractivity contribution in [2.45, 2.75) is 6.29 Å². The predicted octanol–water partition coefficient (Wildman–Crippen LogP) is 1.04. The van der Waals surface area contributed by atoms with Crippen molar-refractivity contribution < 1.29 is 14.3 Å². The van der Waals surface area contributed by atoms with Crippen LogP contribution in [0, 0.1) is 0 Å². The van der Waals surface area contributed by atoms with Gasteiger partial charge in [0, 0.05) is 10.8 Å². The Kier molecular flexibility index (Phi) is 1.14. The lowest BCUT2D eigenvalue weighted by Crippen LogP contribution is -2.18. The Labute approximate surface area is 61.2 Å². The maximum Gasteiger partial charge on any atom is 0.298 e. The molecular weight excluding hydrogens is 152 g/mol. The summed E-state index contributed by atoms with van der Waals surface area (Å²) in [6.07, 6.45) is -0.0941. The molecule has 0 aliphatic carbocycles. The van der Waals surface area contributed by atoms with E-state index < -0.39 is 6.29 Å². The van der Waals surface area contributed by atoms with Crippen molar-refractivity contribution in [2.24, 2.45) is 0 Å². The van der Waals surface area contributed by atoms with Crippen LogP contribution in [0.5, 0.6) is 11.5 Å². The molecule has 2 rings (SSSR count). The number of rotatable bonds is 1. The minimum absolute atomic E-state index is 0.630. The average molecular weight is 156 g/mol. The van der Waals surface area contributed by atoms with E-state index in [1.807, 2.05) is 0 Å². The molecule has 1 aliphatic heterocycles. The molecule has 0 saturated carbocycles. The lowest BCUT2D eigenvalue weighted by Gasteiger charge is -1.99. The van der Waals surface area contributed by atoms with Crippen molar-refractivity contribution in [3.05, 3.63) is 10.8 Å². The van der Waals surface area contributed by atoms with E-state index >= 15 is 0 Å². The van der Waals surface area contributed by atoms with Crippen molar-refractivity contribution in [1.82, 2.24) is 0 Å². The largest absolute Gasteiger partial charge is 0.443 e. The number of thiophene rings is 1. The maximum absolute atomic E-state index is 10.1. The molecule has 0 spiro atoms. The monoisotopic (exact) mass is 156 g/mol. The summed E-state index contributed by atoms with van der Waals surface area (Å²) >= 11 is 1.49. The fourth-order valence-corrected chi connectivity index (χ4v) is 1.43. The topological polar surface area (TPSA) is 35.5 Å². The molecule has 1 aromatic rings. The fourth-order valence-electron chi connectivity index (χ4n) is 0.775. The molecule has 10 heavy (non-hydrogen) atoms. The van der Waals surface area contributed by atoms with Gasteiger partial charge in [-0.25, -0.2) is 0 Å². The molecule has 0 amide bonds. The lowest BCUT2D eigenvalue weighted by atomic mass is 10.6. The molecule has 0 saturated heterocycles. The minimum atomic E-state index is -0.724. The van der Waals surface area contributed by atoms with Crippen LogP contribution in [0.3, 0.4) is 0 Å². The Morgan fingerprint density at radius 2 is 2.00 bits per heavy atom. The number of hydrogen-bond acceptors (Lipinski definition) is 4. The molecule has 3 nitrogen and oxygen atoms in total. The third kappa shape index (κ3) is 0.690. The van der Waals surface area contributed by atoms with Crippen LogP contribution >= 0.6 is 11.3 Å². The summed E-state index contributed by atoms with van der Waals surface area (Å²) < 4.78 is 10.0. The van der Waals surface area contributed by atoms with E-state index in [1.54, 1.807) is 10.8 Å². The summed E-state index contributed by atoms with van der Waals surface area (Å²) in [6.45, 7) is 0. The lowest BCUT2D eigenvalue weighted by molar-refractivity contribution is -0.121. The van der Waals surface area contributed by atoms with Gasteiger partial charge in [0.2, 0.25) is 6.29 Å². The molecule has 0 N–H and O–H groups in total. The van der Waals surface area contributed by atoms with Crippen molar-refractivity contribution in [3.63, 3.8) is 0 Å². The number of ether oxygens (including phenoxy) is 2. The van der Waals surface area contributed by atoms with Crippen LogP contribution in [0.15, 0.2) is 10.8 Å². The van der Waals surface area contributed by atoms with Gasteiger partial charge in [0.15, 0.2) is 11.5 Å². The Bertz CT molecular complexity index is 235. The smallest absolute Gasteiger partial charge is 0.298 e. The van der Waals surface area contributed by atoms with Gasteiger partial charge in [-0.05, 0) is 0 Å². The zero-order valence-electron chi connectivity index (χ0n) is 4.94. The van der Waals surface area contributed by atoms with Crippen molar-refractivity contribution in [3.8, 4) is 11.5 Å². The van der Waals surface area contributed by atoms with Crippen LogP contribution < -0.4 is 9.47 Å². The van der Waals surface area contributed by atoms with Crippen LogP contribution in [0.2, 0.25) is 0 Å². The molecule has 52 valence electrons. The molecule has 0 radical (unpaired) electrons. The van der Waals surface area contributed by atoms with E-state index in [4.69, 9.17) is 9.47 Å². The average Bonchev–Trinajstić information content (AvgIpc) is 2.42. The molecule has 4 heteroatoms. The second-order valence-electron chi connectivity index (χ2n) is 1.84. The Balaban J connectivity index is 2.28. The highest BCUT2D eigenvalue weighted by molar-refractivity contribution is 7.08. The fraction of sp³-hybridized carbons (Fsp3) is 0.167. The van der Waals surface area contributed by atoms with E-state index in [1.165, 1.54) is 11.3 Å². The number of hydrogen-bond donors (Lipinski definition) is 0. The summed E-state index contributed by atoms with van der Waals surface area (Å²) in [6, 6.07) is 0. The van der Waals surface area contributed by atoms with Gasteiger partial charge in [0.25, 0.3) is 6.29 Å². The van der Waals surface area contributed by atoms with Crippen molar-refractivity contribution in [2.75, 3.05) is 0 Å². The molecule has 0 unspecified atom stereocenters. The van der Waals surface area contributed by atoms with Gasteiger partial charge < -0.3 is 9.47 Å². The predicted molar refractivity (Wildman–Crippen MR) is 35.4 cm³/mol. The molecule has 0 bridgehead atoms. The molecule has 2 heterocycles. The second kappa shape index (κ2) is 1.98. The highest BCUT2D eigenvalue weighted by Crippen LogP contribution is 2.37. The van der Waals surface area contributed by atoms with Crippen LogP contribution in [-0.2, 0) is 4.79 Å². The van der Waals surface area contributed by atoms with E-state index in [9.17, 15) is 4.79 Å². The summed E-state index contributed by atoms with van der Waals surface area (Å²) in [5, 5.41) is 3.61. The van der Waals surface area contributed by atoms with Crippen molar-refractivity contribution >= 4 is 17.6 Å². The SMILES string of the molecule is O=CC1Oc2cscc2O1. The standard InChI is InChI=1S/C6H4O3S/c7-1-6-8-4-2-10-3-5(4)9-6/h1-3,6H. The van der Waals surface area contributed by atoms with E-state index in [0.29, 0.717) is 17.8 Å². The Hall–Kier alpha value is -1.03. The molecule has 0 fully saturated rings. The van der Waals surface area contributed by atoms with Gasteiger partial charge in [-0.1, -0.05) is 0 Å². The number of aldehydes is 1. The summed E-state index contributed by atoms with van der Waals surface area (Å²) in [5.74, 6) is 1.34. The van der Waals surface area contributed by atoms with E-state index in [-0.39, 0.29) is 0 Å². The highest BCUT2D eigenvalue weighted by Gasteiger charge is 2.23. The number of carbonyl (C=O) groups excluding carboxylic acids is 1. The summed E-state index contributed by atoms with van der Waals surface area (Å²) in [4.78, 5) is 10.1. The minimum Gasteiger partial charge on any atom is -0.443 e. The molecule has 1 aromatic heterocycles. The molecule has 1 aliphatic rings. The first-order chi connectivity index (χ1) is 4.90. The van der Waals surface area contributed by atoms with E-state index in [2.05, 4.69) is 0 Å². The number of fused-ring (bicyclic) bond motifs is 1. The van der Waals surface area contributed by atoms with Crippen LogP contribution in [-0.4, -0.2) is 12.6 Å². The molecule has 0 atom stereocenters. The van der Waals surface area contributed by atoms with Gasteiger partial charge in [0.1, 0.15) is 0 Å². The van der Waals surface area contributed by atoms with Crippen LogP contribution in [0.25, 0.3) is 0 Å². The third-order valence-corrected chi connectivity index (χ3v) is 1.89. The molecular formula is C6H4O3S. The van der Waals surface area contributed by atoms with Crippen LogP contribution in [0.4, 0.5) is 0 Å². The zero-order valence-corrected chi connectivity index (χ0v) is 5.76. The zero-order chi connectivity index (χ0) is 6.97. The van der Waals surface area contributed by atoms with Gasteiger partial charge in [-0.2, -0.15) is 0 Å². The van der Waals surface area contributed by atoms with Gasteiger partial charge in [-0.15, -0.1) is 11.3 Å². The van der Waals surface area contributed by atoms with Crippen molar-refractivity contribution in [1.29, 1.82) is 0 Å². The van der Waals surface area contributed by atoms with Gasteiger partial charge in [-0.3, -0.25) is 4.79 Å².